The minimum absolute atomic E-state index is 0.260. The first-order valence-electron chi connectivity index (χ1n) is 6.16. The number of hydrogen-bond donors (Lipinski definition) is 2. The molecular weight excluding hydrogens is 186 g/mol. The van der Waals surface area contributed by atoms with Gasteiger partial charge in [0.15, 0.2) is 0 Å². The molecule has 3 unspecified atom stereocenters. The van der Waals surface area contributed by atoms with E-state index < -0.39 is 5.60 Å². The van der Waals surface area contributed by atoms with E-state index >= 15 is 0 Å². The van der Waals surface area contributed by atoms with Crippen molar-refractivity contribution < 1.29 is 5.11 Å². The fourth-order valence-corrected chi connectivity index (χ4v) is 2.41. The summed E-state index contributed by atoms with van der Waals surface area (Å²) in [7, 11) is 0. The Balaban J connectivity index is 2.49. The lowest BCUT2D eigenvalue weighted by molar-refractivity contribution is -0.00501. The van der Waals surface area contributed by atoms with Gasteiger partial charge in [-0.05, 0) is 45.1 Å². The molecule has 0 aromatic rings. The van der Waals surface area contributed by atoms with Gasteiger partial charge in [0.25, 0.3) is 0 Å². The van der Waals surface area contributed by atoms with Gasteiger partial charge in [0, 0.05) is 6.04 Å². The summed E-state index contributed by atoms with van der Waals surface area (Å²) in [6.45, 7) is 8.95. The van der Waals surface area contributed by atoms with Gasteiger partial charge in [0.1, 0.15) is 0 Å². The molecule has 2 N–H and O–H groups in total. The lowest BCUT2D eigenvalue weighted by Gasteiger charge is -2.39. The third kappa shape index (κ3) is 3.62. The van der Waals surface area contributed by atoms with Crippen molar-refractivity contribution in [1.82, 2.24) is 5.32 Å². The van der Waals surface area contributed by atoms with Gasteiger partial charge in [-0.3, -0.25) is 0 Å². The lowest BCUT2D eigenvalue weighted by Crippen LogP contribution is -2.52. The number of allylic oxidation sites excluding steroid dienone is 1. The molecule has 2 heteroatoms. The van der Waals surface area contributed by atoms with Crippen LogP contribution < -0.4 is 5.32 Å². The highest BCUT2D eigenvalue weighted by Crippen LogP contribution is 2.28. The Morgan fingerprint density at radius 2 is 2.33 bits per heavy atom. The zero-order valence-electron chi connectivity index (χ0n) is 10.1. The van der Waals surface area contributed by atoms with Crippen molar-refractivity contribution >= 4 is 0 Å². The first-order valence-corrected chi connectivity index (χ1v) is 6.16. The molecule has 0 spiro atoms. The Bertz CT molecular complexity index is 201. The largest absolute Gasteiger partial charge is 0.389 e. The summed E-state index contributed by atoms with van der Waals surface area (Å²) >= 11 is 0. The number of aliphatic hydroxyl groups is 1. The molecule has 1 aliphatic heterocycles. The molecule has 3 atom stereocenters. The van der Waals surface area contributed by atoms with Crippen LogP contribution in [0.1, 0.15) is 46.0 Å². The average Bonchev–Trinajstić information content (AvgIpc) is 2.26. The second kappa shape index (κ2) is 5.66. The SMILES string of the molecule is C=CCCC(C)(O)C1CC(CC)CCN1. The predicted molar refractivity (Wildman–Crippen MR) is 64.9 cm³/mol. The topological polar surface area (TPSA) is 32.3 Å². The van der Waals surface area contributed by atoms with E-state index in [1.54, 1.807) is 0 Å². The predicted octanol–water partition coefficient (Wildman–Crippen LogP) is 2.48. The Kier molecular flexibility index (Phi) is 4.81. The summed E-state index contributed by atoms with van der Waals surface area (Å²) in [6.07, 6.45) is 7.18. The summed E-state index contributed by atoms with van der Waals surface area (Å²) in [5.74, 6) is 0.784. The Labute approximate surface area is 93.8 Å². The van der Waals surface area contributed by atoms with Crippen LogP contribution in [0.3, 0.4) is 0 Å². The third-order valence-corrected chi connectivity index (χ3v) is 3.70. The number of rotatable bonds is 5. The Hall–Kier alpha value is -0.340. The molecule has 1 heterocycles. The molecule has 88 valence electrons. The first kappa shape index (κ1) is 12.7. The quantitative estimate of drug-likeness (QED) is 0.685. The van der Waals surface area contributed by atoms with Crippen LogP contribution in [0, 0.1) is 5.92 Å². The fourth-order valence-electron chi connectivity index (χ4n) is 2.41. The molecule has 0 saturated carbocycles. The molecule has 2 nitrogen and oxygen atoms in total. The van der Waals surface area contributed by atoms with Crippen LogP contribution in [0.4, 0.5) is 0 Å². The maximum Gasteiger partial charge on any atom is 0.0775 e. The van der Waals surface area contributed by atoms with Gasteiger partial charge < -0.3 is 10.4 Å². The van der Waals surface area contributed by atoms with Gasteiger partial charge in [0.05, 0.1) is 5.60 Å². The molecule has 0 bridgehead atoms. The van der Waals surface area contributed by atoms with Crippen molar-refractivity contribution in [3.05, 3.63) is 12.7 Å². The molecule has 1 fully saturated rings. The van der Waals surface area contributed by atoms with E-state index in [9.17, 15) is 5.11 Å². The highest BCUT2D eigenvalue weighted by Gasteiger charge is 2.34. The maximum atomic E-state index is 10.4. The van der Waals surface area contributed by atoms with Gasteiger partial charge in [-0.2, -0.15) is 0 Å². The number of hydrogen-bond acceptors (Lipinski definition) is 2. The second-order valence-electron chi connectivity index (χ2n) is 4.99. The minimum Gasteiger partial charge on any atom is -0.389 e. The molecular formula is C13H25NO. The van der Waals surface area contributed by atoms with E-state index in [0.717, 1.165) is 31.7 Å². The molecule has 15 heavy (non-hydrogen) atoms. The number of piperidine rings is 1. The molecule has 0 amide bonds. The highest BCUT2D eigenvalue weighted by molar-refractivity contribution is 4.93. The van der Waals surface area contributed by atoms with Crippen molar-refractivity contribution in [2.75, 3.05) is 6.54 Å². The number of nitrogens with one attached hydrogen (secondary N) is 1. The van der Waals surface area contributed by atoms with Crippen molar-refractivity contribution in [3.8, 4) is 0 Å². The standard InChI is InChI=1S/C13H25NO/c1-4-6-8-13(3,15)12-10-11(5-2)7-9-14-12/h4,11-12,14-15H,1,5-10H2,2-3H3. The van der Waals surface area contributed by atoms with Crippen LogP contribution in [0.2, 0.25) is 0 Å². The van der Waals surface area contributed by atoms with Crippen LogP contribution in [0.15, 0.2) is 12.7 Å². The van der Waals surface area contributed by atoms with Crippen molar-refractivity contribution in [1.29, 1.82) is 0 Å². The second-order valence-corrected chi connectivity index (χ2v) is 4.99. The normalized spacial score (nSPS) is 30.9. The molecule has 0 aliphatic carbocycles. The summed E-state index contributed by atoms with van der Waals surface area (Å²) in [6, 6.07) is 0.260. The van der Waals surface area contributed by atoms with Crippen molar-refractivity contribution in [2.45, 2.75) is 57.6 Å². The van der Waals surface area contributed by atoms with Crippen molar-refractivity contribution in [3.63, 3.8) is 0 Å². The van der Waals surface area contributed by atoms with Crippen LogP contribution in [-0.2, 0) is 0 Å². The van der Waals surface area contributed by atoms with Gasteiger partial charge >= 0.3 is 0 Å². The summed E-state index contributed by atoms with van der Waals surface area (Å²) in [4.78, 5) is 0. The summed E-state index contributed by atoms with van der Waals surface area (Å²) in [5, 5.41) is 13.8. The van der Waals surface area contributed by atoms with E-state index in [-0.39, 0.29) is 6.04 Å². The molecule has 1 saturated heterocycles. The van der Waals surface area contributed by atoms with Crippen LogP contribution in [0.25, 0.3) is 0 Å². The summed E-state index contributed by atoms with van der Waals surface area (Å²) in [5.41, 5.74) is -0.581. The van der Waals surface area contributed by atoms with E-state index in [1.165, 1.54) is 12.8 Å². The Morgan fingerprint density at radius 1 is 1.60 bits per heavy atom. The third-order valence-electron chi connectivity index (χ3n) is 3.70. The van der Waals surface area contributed by atoms with Gasteiger partial charge in [0.2, 0.25) is 0 Å². The molecule has 1 aliphatic rings. The maximum absolute atomic E-state index is 10.4. The highest BCUT2D eigenvalue weighted by atomic mass is 16.3. The smallest absolute Gasteiger partial charge is 0.0775 e. The fraction of sp³-hybridized carbons (Fsp3) is 0.846. The zero-order valence-corrected chi connectivity index (χ0v) is 10.1. The van der Waals surface area contributed by atoms with Gasteiger partial charge in [-0.15, -0.1) is 6.58 Å². The van der Waals surface area contributed by atoms with Crippen LogP contribution in [0.5, 0.6) is 0 Å². The van der Waals surface area contributed by atoms with E-state index in [0.29, 0.717) is 0 Å². The van der Waals surface area contributed by atoms with Crippen LogP contribution in [-0.4, -0.2) is 23.3 Å². The summed E-state index contributed by atoms with van der Waals surface area (Å²) < 4.78 is 0. The Morgan fingerprint density at radius 3 is 2.93 bits per heavy atom. The van der Waals surface area contributed by atoms with Crippen LogP contribution >= 0.6 is 0 Å². The van der Waals surface area contributed by atoms with E-state index in [1.807, 2.05) is 13.0 Å². The van der Waals surface area contributed by atoms with E-state index in [2.05, 4.69) is 18.8 Å². The molecule has 0 radical (unpaired) electrons. The van der Waals surface area contributed by atoms with Crippen molar-refractivity contribution in [2.24, 2.45) is 5.92 Å². The first-order chi connectivity index (χ1) is 7.10. The molecule has 0 aromatic carbocycles. The molecule has 1 rings (SSSR count). The van der Waals surface area contributed by atoms with Gasteiger partial charge in [-0.1, -0.05) is 19.4 Å². The minimum atomic E-state index is -0.581. The zero-order chi connectivity index (χ0) is 11.3. The lowest BCUT2D eigenvalue weighted by atomic mass is 9.80. The van der Waals surface area contributed by atoms with E-state index in [4.69, 9.17) is 0 Å². The monoisotopic (exact) mass is 211 g/mol. The molecule has 0 aromatic heterocycles. The average molecular weight is 211 g/mol. The van der Waals surface area contributed by atoms with Gasteiger partial charge in [-0.25, -0.2) is 0 Å².